The van der Waals surface area contributed by atoms with Crippen molar-refractivity contribution in [3.63, 3.8) is 0 Å². The molecule has 1 saturated carbocycles. The monoisotopic (exact) mass is 266 g/mol. The van der Waals surface area contributed by atoms with Gasteiger partial charge in [-0.15, -0.1) is 0 Å². The summed E-state index contributed by atoms with van der Waals surface area (Å²) < 4.78 is 10.5. The van der Waals surface area contributed by atoms with Gasteiger partial charge in [-0.3, -0.25) is 4.79 Å². The summed E-state index contributed by atoms with van der Waals surface area (Å²) in [5.74, 6) is -0.123. The normalized spacial score (nSPS) is 22.2. The summed E-state index contributed by atoms with van der Waals surface area (Å²) >= 11 is 0. The molecule has 0 saturated heterocycles. The summed E-state index contributed by atoms with van der Waals surface area (Å²) in [6, 6.07) is 0. The van der Waals surface area contributed by atoms with Crippen LogP contribution in [0, 0.1) is 5.92 Å². The van der Waals surface area contributed by atoms with Gasteiger partial charge >= 0.3 is 5.97 Å². The average molecular weight is 266 g/mol. The summed E-state index contributed by atoms with van der Waals surface area (Å²) in [6.07, 6.45) is 8.02. The molecule has 0 bridgehead atoms. The lowest BCUT2D eigenvalue weighted by atomic mass is 10.1. The quantitative estimate of drug-likeness (QED) is 0.543. The predicted molar refractivity (Wildman–Crippen MR) is 78.9 cm³/mol. The Morgan fingerprint density at radius 2 is 2.00 bits per heavy atom. The van der Waals surface area contributed by atoms with Crippen molar-refractivity contribution in [2.45, 2.75) is 39.2 Å². The van der Waals surface area contributed by atoms with Gasteiger partial charge < -0.3 is 9.47 Å². The van der Waals surface area contributed by atoms with Gasteiger partial charge in [-0.2, -0.15) is 0 Å². The lowest BCUT2D eigenvalue weighted by molar-refractivity contribution is -0.145. The lowest BCUT2D eigenvalue weighted by Crippen LogP contribution is -2.16. The van der Waals surface area contributed by atoms with Crippen molar-refractivity contribution in [2.75, 3.05) is 13.7 Å². The van der Waals surface area contributed by atoms with Gasteiger partial charge in [0, 0.05) is 0 Å². The highest BCUT2D eigenvalue weighted by Gasteiger charge is 2.31. The number of hydrogen-bond acceptors (Lipinski definition) is 3. The lowest BCUT2D eigenvalue weighted by Gasteiger charge is -2.12. The van der Waals surface area contributed by atoms with E-state index in [-0.39, 0.29) is 18.0 Å². The third kappa shape index (κ3) is 6.39. The van der Waals surface area contributed by atoms with E-state index in [0.29, 0.717) is 6.61 Å². The number of rotatable bonds is 6. The van der Waals surface area contributed by atoms with Gasteiger partial charge in [-0.05, 0) is 24.8 Å². The van der Waals surface area contributed by atoms with Gasteiger partial charge in [-0.25, -0.2) is 0 Å². The Morgan fingerprint density at radius 1 is 1.32 bits per heavy atom. The smallest absolute Gasteiger partial charge is 0.308 e. The second-order valence-electron chi connectivity index (χ2n) is 4.15. The van der Waals surface area contributed by atoms with Crippen molar-refractivity contribution < 1.29 is 14.3 Å². The Kier molecular flexibility index (Phi) is 9.81. The molecule has 1 fully saturated rings. The maximum absolute atomic E-state index is 11.3. The van der Waals surface area contributed by atoms with Crippen LogP contribution >= 0.6 is 0 Å². The van der Waals surface area contributed by atoms with Crippen molar-refractivity contribution in [3.8, 4) is 0 Å². The molecule has 1 aliphatic carbocycles. The first-order valence-corrected chi connectivity index (χ1v) is 6.84. The largest absolute Gasteiger partial charge is 0.469 e. The van der Waals surface area contributed by atoms with Crippen LogP contribution in [0.25, 0.3) is 0 Å². The van der Waals surface area contributed by atoms with Crippen LogP contribution in [0.4, 0.5) is 0 Å². The Balaban J connectivity index is 0.00000154. The van der Waals surface area contributed by atoms with Crippen LogP contribution in [0.2, 0.25) is 0 Å². The maximum atomic E-state index is 11.3. The Bertz CT molecular complexity index is 318. The molecule has 0 aliphatic heterocycles. The SMILES string of the molecule is C=C/C=C(\C=C)COC1CC[C@@H](C(=O)OC)C1.CC. The molecule has 3 heteroatoms. The molecule has 0 amide bonds. The van der Waals surface area contributed by atoms with Gasteiger partial charge in [0.25, 0.3) is 0 Å². The zero-order valence-electron chi connectivity index (χ0n) is 12.4. The second-order valence-corrected chi connectivity index (χ2v) is 4.15. The molecule has 1 unspecified atom stereocenters. The van der Waals surface area contributed by atoms with Crippen molar-refractivity contribution in [2.24, 2.45) is 5.92 Å². The summed E-state index contributed by atoms with van der Waals surface area (Å²) in [5.41, 5.74) is 1.00. The molecule has 0 N–H and O–H groups in total. The molecule has 0 aromatic heterocycles. The second kappa shape index (κ2) is 10.6. The van der Waals surface area contributed by atoms with Crippen LogP contribution in [0.15, 0.2) is 37.0 Å². The van der Waals surface area contributed by atoms with E-state index in [2.05, 4.69) is 13.2 Å². The number of allylic oxidation sites excluding steroid dienone is 2. The molecule has 0 spiro atoms. The van der Waals surface area contributed by atoms with Crippen molar-refractivity contribution in [1.29, 1.82) is 0 Å². The van der Waals surface area contributed by atoms with Crippen LogP contribution in [0.1, 0.15) is 33.1 Å². The van der Waals surface area contributed by atoms with E-state index in [4.69, 9.17) is 9.47 Å². The summed E-state index contributed by atoms with van der Waals surface area (Å²) in [7, 11) is 1.43. The predicted octanol–water partition coefficient (Wildman–Crippen LogP) is 3.67. The minimum atomic E-state index is -0.123. The van der Waals surface area contributed by atoms with Crippen molar-refractivity contribution >= 4 is 5.97 Å². The summed E-state index contributed by atoms with van der Waals surface area (Å²) in [4.78, 5) is 11.3. The molecule has 0 aromatic rings. The van der Waals surface area contributed by atoms with E-state index in [1.165, 1.54) is 7.11 Å². The molecule has 3 nitrogen and oxygen atoms in total. The number of ether oxygens (including phenoxy) is 2. The molecule has 108 valence electrons. The summed E-state index contributed by atoms with van der Waals surface area (Å²) in [5, 5.41) is 0. The molecule has 0 heterocycles. The van der Waals surface area contributed by atoms with E-state index in [1.54, 1.807) is 12.2 Å². The average Bonchev–Trinajstić information content (AvgIpc) is 2.93. The molecule has 1 rings (SSSR count). The number of carbonyl (C=O) groups is 1. The van der Waals surface area contributed by atoms with Gasteiger partial charge in [0.2, 0.25) is 0 Å². The Labute approximate surface area is 117 Å². The number of esters is 1. The maximum Gasteiger partial charge on any atom is 0.308 e. The molecule has 19 heavy (non-hydrogen) atoms. The van der Waals surface area contributed by atoms with Gasteiger partial charge in [-0.1, -0.05) is 45.2 Å². The van der Waals surface area contributed by atoms with Crippen LogP contribution in [0.3, 0.4) is 0 Å². The first-order chi connectivity index (χ1) is 9.21. The molecule has 0 radical (unpaired) electrons. The molecular weight excluding hydrogens is 240 g/mol. The highest BCUT2D eigenvalue weighted by molar-refractivity contribution is 5.72. The molecule has 2 atom stereocenters. The minimum Gasteiger partial charge on any atom is -0.469 e. The van der Waals surface area contributed by atoms with Crippen molar-refractivity contribution in [3.05, 3.63) is 37.0 Å². The van der Waals surface area contributed by atoms with E-state index in [0.717, 1.165) is 24.8 Å². The third-order valence-corrected chi connectivity index (χ3v) is 3.00. The molecular formula is C16H26O3. The highest BCUT2D eigenvalue weighted by Crippen LogP contribution is 2.29. The van der Waals surface area contributed by atoms with Gasteiger partial charge in [0.15, 0.2) is 0 Å². The van der Waals surface area contributed by atoms with E-state index in [1.807, 2.05) is 19.9 Å². The van der Waals surface area contributed by atoms with Crippen LogP contribution in [0.5, 0.6) is 0 Å². The van der Waals surface area contributed by atoms with E-state index in [9.17, 15) is 4.79 Å². The highest BCUT2D eigenvalue weighted by atomic mass is 16.5. The zero-order chi connectivity index (χ0) is 14.7. The Hall–Kier alpha value is -1.35. The molecule has 0 aromatic carbocycles. The van der Waals surface area contributed by atoms with Gasteiger partial charge in [0.05, 0.1) is 25.7 Å². The standard InChI is InChI=1S/C14H20O3.C2H6/c1-4-6-11(5-2)10-17-13-8-7-12(9-13)14(15)16-3;1-2/h4-6,12-13H,1-2,7-10H2,3H3;1-2H3/b11-6+;/t12-,13?;/m1./s1. The zero-order valence-corrected chi connectivity index (χ0v) is 12.4. The first kappa shape index (κ1) is 17.6. The summed E-state index contributed by atoms with van der Waals surface area (Å²) in [6.45, 7) is 11.9. The van der Waals surface area contributed by atoms with Crippen LogP contribution in [-0.2, 0) is 14.3 Å². The van der Waals surface area contributed by atoms with Crippen molar-refractivity contribution in [1.82, 2.24) is 0 Å². The third-order valence-electron chi connectivity index (χ3n) is 3.00. The fourth-order valence-electron chi connectivity index (χ4n) is 2.01. The van der Waals surface area contributed by atoms with Gasteiger partial charge in [0.1, 0.15) is 0 Å². The minimum absolute atomic E-state index is 0.000523. The molecule has 1 aliphatic rings. The Morgan fingerprint density at radius 3 is 2.53 bits per heavy atom. The van der Waals surface area contributed by atoms with E-state index < -0.39 is 0 Å². The fraction of sp³-hybridized carbons (Fsp3) is 0.562. The topological polar surface area (TPSA) is 35.5 Å². The number of carbonyl (C=O) groups excluding carboxylic acids is 1. The van der Waals surface area contributed by atoms with Crippen LogP contribution in [-0.4, -0.2) is 25.8 Å². The first-order valence-electron chi connectivity index (χ1n) is 6.84. The van der Waals surface area contributed by atoms with Crippen LogP contribution < -0.4 is 0 Å². The fourth-order valence-corrected chi connectivity index (χ4v) is 2.01. The van der Waals surface area contributed by atoms with E-state index >= 15 is 0 Å². The number of hydrogen-bond donors (Lipinski definition) is 0. The number of methoxy groups -OCH3 is 1.